The predicted molar refractivity (Wildman–Crippen MR) is 84.2 cm³/mol. The van der Waals surface area contributed by atoms with E-state index in [4.69, 9.17) is 10.5 Å². The number of ether oxygens (including phenoxy) is 1. The molecule has 0 spiro atoms. The van der Waals surface area contributed by atoms with Crippen LogP contribution in [0.2, 0.25) is 0 Å². The Bertz CT molecular complexity index is 472. The molecule has 1 aromatic rings. The fourth-order valence-electron chi connectivity index (χ4n) is 2.63. The molecule has 2 unspecified atom stereocenters. The van der Waals surface area contributed by atoms with Crippen molar-refractivity contribution < 1.29 is 9.53 Å². The minimum absolute atomic E-state index is 0.0912. The van der Waals surface area contributed by atoms with Crippen LogP contribution in [-0.2, 0) is 11.2 Å². The van der Waals surface area contributed by atoms with E-state index >= 15 is 0 Å². The first-order valence-corrected chi connectivity index (χ1v) is 7.74. The van der Waals surface area contributed by atoms with Gasteiger partial charge in [-0.05, 0) is 42.7 Å². The minimum Gasteiger partial charge on any atom is -0.496 e. The Morgan fingerprint density at radius 1 is 1.43 bits per heavy atom. The van der Waals surface area contributed by atoms with Crippen molar-refractivity contribution in [2.75, 3.05) is 13.7 Å². The van der Waals surface area contributed by atoms with Crippen LogP contribution < -0.4 is 15.8 Å². The van der Waals surface area contributed by atoms with E-state index in [-0.39, 0.29) is 17.9 Å². The molecule has 2 rings (SSSR count). The van der Waals surface area contributed by atoms with Crippen LogP contribution in [0.5, 0.6) is 5.75 Å². The second kappa shape index (κ2) is 7.46. The molecule has 1 aliphatic carbocycles. The van der Waals surface area contributed by atoms with Gasteiger partial charge in [-0.2, -0.15) is 0 Å². The lowest BCUT2D eigenvalue weighted by Crippen LogP contribution is -2.39. The highest BCUT2D eigenvalue weighted by Crippen LogP contribution is 2.31. The molecule has 116 valence electrons. The Morgan fingerprint density at radius 2 is 2.14 bits per heavy atom. The van der Waals surface area contributed by atoms with Crippen molar-refractivity contribution in [3.05, 3.63) is 29.8 Å². The summed E-state index contributed by atoms with van der Waals surface area (Å²) in [5, 5.41) is 2.95. The number of nitrogens with two attached hydrogens (primary N) is 1. The van der Waals surface area contributed by atoms with Gasteiger partial charge in [-0.15, -0.1) is 0 Å². The highest BCUT2D eigenvalue weighted by molar-refractivity contribution is 5.76. The molecule has 3 N–H and O–H groups in total. The van der Waals surface area contributed by atoms with Gasteiger partial charge in [-0.1, -0.05) is 25.1 Å². The second-order valence-electron chi connectivity index (χ2n) is 6.13. The summed E-state index contributed by atoms with van der Waals surface area (Å²) in [6.07, 6.45) is 3.78. The fourth-order valence-corrected chi connectivity index (χ4v) is 2.63. The SMILES string of the molecule is COc1ccccc1CC(C)CC(=O)NCC(N)C1CC1. The van der Waals surface area contributed by atoms with Crippen LogP contribution in [0.4, 0.5) is 0 Å². The average Bonchev–Trinajstić information content (AvgIpc) is 3.30. The third-order valence-corrected chi connectivity index (χ3v) is 4.06. The number of rotatable bonds is 8. The summed E-state index contributed by atoms with van der Waals surface area (Å²) in [4.78, 5) is 11.9. The summed E-state index contributed by atoms with van der Waals surface area (Å²) in [5.74, 6) is 1.88. The van der Waals surface area contributed by atoms with E-state index in [0.717, 1.165) is 17.7 Å². The van der Waals surface area contributed by atoms with E-state index in [0.29, 0.717) is 18.9 Å². The summed E-state index contributed by atoms with van der Waals surface area (Å²) in [5.41, 5.74) is 7.14. The number of carbonyl (C=O) groups excluding carboxylic acids is 1. The van der Waals surface area contributed by atoms with Crippen LogP contribution in [0, 0.1) is 11.8 Å². The highest BCUT2D eigenvalue weighted by atomic mass is 16.5. The molecule has 0 radical (unpaired) electrons. The predicted octanol–water partition coefficient (Wildman–Crippen LogP) is 2.12. The molecule has 0 aromatic heterocycles. The minimum atomic E-state index is 0.0912. The maximum Gasteiger partial charge on any atom is 0.220 e. The van der Waals surface area contributed by atoms with Crippen molar-refractivity contribution in [1.29, 1.82) is 0 Å². The van der Waals surface area contributed by atoms with Crippen molar-refractivity contribution in [3.63, 3.8) is 0 Å². The van der Waals surface area contributed by atoms with Crippen LogP contribution >= 0.6 is 0 Å². The van der Waals surface area contributed by atoms with Gasteiger partial charge in [0.1, 0.15) is 5.75 Å². The first-order chi connectivity index (χ1) is 10.1. The molecule has 0 bridgehead atoms. The zero-order chi connectivity index (χ0) is 15.2. The number of methoxy groups -OCH3 is 1. The summed E-state index contributed by atoms with van der Waals surface area (Å²) in [7, 11) is 1.68. The Hall–Kier alpha value is -1.55. The first-order valence-electron chi connectivity index (χ1n) is 7.74. The number of carbonyl (C=O) groups is 1. The molecule has 1 saturated carbocycles. The fraction of sp³-hybridized carbons (Fsp3) is 0.588. The van der Waals surface area contributed by atoms with Gasteiger partial charge < -0.3 is 15.8 Å². The standard InChI is InChI=1S/C17H26N2O2/c1-12(9-14-5-3-4-6-16(14)21-2)10-17(20)19-11-15(18)13-7-8-13/h3-6,12-13,15H,7-11,18H2,1-2H3,(H,19,20). The normalized spacial score (nSPS) is 17.1. The number of benzene rings is 1. The lowest BCUT2D eigenvalue weighted by molar-refractivity contribution is -0.121. The van der Waals surface area contributed by atoms with Crippen molar-refractivity contribution in [2.24, 2.45) is 17.6 Å². The summed E-state index contributed by atoms with van der Waals surface area (Å²) >= 11 is 0. The Balaban J connectivity index is 1.75. The molecule has 0 aliphatic heterocycles. The molecule has 1 aliphatic rings. The Morgan fingerprint density at radius 3 is 2.81 bits per heavy atom. The van der Waals surface area contributed by atoms with Crippen molar-refractivity contribution in [3.8, 4) is 5.75 Å². The molecule has 0 heterocycles. The smallest absolute Gasteiger partial charge is 0.220 e. The number of nitrogens with one attached hydrogen (secondary N) is 1. The lowest BCUT2D eigenvalue weighted by atomic mass is 9.97. The maximum atomic E-state index is 11.9. The summed E-state index contributed by atoms with van der Waals surface area (Å²) in [6, 6.07) is 8.09. The molecular formula is C17H26N2O2. The van der Waals surface area contributed by atoms with Crippen LogP contribution in [0.1, 0.15) is 31.7 Å². The molecule has 21 heavy (non-hydrogen) atoms. The Kier molecular flexibility index (Phi) is 5.62. The zero-order valence-electron chi connectivity index (χ0n) is 13.0. The van der Waals surface area contributed by atoms with E-state index < -0.39 is 0 Å². The highest BCUT2D eigenvalue weighted by Gasteiger charge is 2.28. The van der Waals surface area contributed by atoms with Gasteiger partial charge in [0.25, 0.3) is 0 Å². The van der Waals surface area contributed by atoms with Gasteiger partial charge in [0.2, 0.25) is 5.91 Å². The van der Waals surface area contributed by atoms with Gasteiger partial charge in [0.05, 0.1) is 7.11 Å². The molecule has 1 fully saturated rings. The second-order valence-corrected chi connectivity index (χ2v) is 6.13. The molecular weight excluding hydrogens is 264 g/mol. The first kappa shape index (κ1) is 15.8. The molecule has 1 aromatic carbocycles. The molecule has 1 amide bonds. The van der Waals surface area contributed by atoms with Crippen LogP contribution in [0.3, 0.4) is 0 Å². The number of amides is 1. The number of hydrogen-bond acceptors (Lipinski definition) is 3. The number of hydrogen-bond donors (Lipinski definition) is 2. The Labute approximate surface area is 127 Å². The van der Waals surface area contributed by atoms with Crippen LogP contribution in [0.15, 0.2) is 24.3 Å². The van der Waals surface area contributed by atoms with Crippen molar-refractivity contribution >= 4 is 5.91 Å². The summed E-state index contributed by atoms with van der Waals surface area (Å²) < 4.78 is 5.35. The van der Waals surface area contributed by atoms with Crippen LogP contribution in [-0.4, -0.2) is 25.6 Å². The number of para-hydroxylation sites is 1. The molecule has 4 nitrogen and oxygen atoms in total. The maximum absolute atomic E-state index is 11.9. The van der Waals surface area contributed by atoms with Gasteiger partial charge >= 0.3 is 0 Å². The van der Waals surface area contributed by atoms with Gasteiger partial charge in [0, 0.05) is 19.0 Å². The van der Waals surface area contributed by atoms with E-state index in [9.17, 15) is 4.79 Å². The third-order valence-electron chi connectivity index (χ3n) is 4.06. The summed E-state index contributed by atoms with van der Waals surface area (Å²) in [6.45, 7) is 2.69. The monoisotopic (exact) mass is 290 g/mol. The molecule has 2 atom stereocenters. The van der Waals surface area contributed by atoms with E-state index in [2.05, 4.69) is 18.3 Å². The molecule has 4 heteroatoms. The van der Waals surface area contributed by atoms with Gasteiger partial charge in [0.15, 0.2) is 0 Å². The van der Waals surface area contributed by atoms with Gasteiger partial charge in [-0.3, -0.25) is 4.79 Å². The van der Waals surface area contributed by atoms with Crippen molar-refractivity contribution in [1.82, 2.24) is 5.32 Å². The van der Waals surface area contributed by atoms with E-state index in [1.807, 2.05) is 18.2 Å². The van der Waals surface area contributed by atoms with E-state index in [1.54, 1.807) is 7.11 Å². The quantitative estimate of drug-likeness (QED) is 0.771. The van der Waals surface area contributed by atoms with E-state index in [1.165, 1.54) is 12.8 Å². The van der Waals surface area contributed by atoms with Crippen molar-refractivity contribution in [2.45, 2.75) is 38.6 Å². The molecule has 0 saturated heterocycles. The third kappa shape index (κ3) is 5.05. The topological polar surface area (TPSA) is 64.3 Å². The van der Waals surface area contributed by atoms with Gasteiger partial charge in [-0.25, -0.2) is 0 Å². The lowest BCUT2D eigenvalue weighted by Gasteiger charge is -2.15. The largest absolute Gasteiger partial charge is 0.496 e. The van der Waals surface area contributed by atoms with Crippen LogP contribution in [0.25, 0.3) is 0 Å². The average molecular weight is 290 g/mol. The zero-order valence-corrected chi connectivity index (χ0v) is 13.0.